The SMILES string of the molecule is CC(=O)NC(CCC(=O)OCC(=O)[C@@]1(O)[C@@H](C)C[C@H]2[C@@H]3CCC4=CC(=O)C=C[C@]4(C)[C@@]3(Cl)[C@@H](O)C[C@@]21C)C(=O)CCCCCO[N+](=O)[O-]. The Labute approximate surface area is 284 Å². The third-order valence-corrected chi connectivity index (χ3v) is 12.6. The van der Waals surface area contributed by atoms with E-state index >= 15 is 0 Å². The lowest BCUT2D eigenvalue weighted by molar-refractivity contribution is -0.757. The Bertz CT molecular complexity index is 1400. The van der Waals surface area contributed by atoms with Crippen LogP contribution < -0.4 is 5.32 Å². The van der Waals surface area contributed by atoms with Gasteiger partial charge in [-0.15, -0.1) is 21.7 Å². The number of alkyl halides is 1. The summed E-state index contributed by atoms with van der Waals surface area (Å²) in [4.78, 5) is 76.5. The minimum Gasteiger partial charge on any atom is -0.458 e. The van der Waals surface area contributed by atoms with Crippen LogP contribution in [0.15, 0.2) is 23.8 Å². The molecule has 3 saturated carbocycles. The van der Waals surface area contributed by atoms with Gasteiger partial charge < -0.3 is 25.1 Å². The highest BCUT2D eigenvalue weighted by Crippen LogP contribution is 2.71. The summed E-state index contributed by atoms with van der Waals surface area (Å²) in [5, 5.41) is 35.8. The minimum atomic E-state index is -1.91. The second kappa shape index (κ2) is 14.4. The van der Waals surface area contributed by atoms with Crippen molar-refractivity contribution in [3.8, 4) is 0 Å². The Hall–Kier alpha value is -3.16. The highest BCUT2D eigenvalue weighted by Gasteiger charge is 2.74. The molecule has 48 heavy (non-hydrogen) atoms. The lowest BCUT2D eigenvalue weighted by atomic mass is 9.45. The molecule has 266 valence electrons. The molecule has 4 aliphatic carbocycles. The van der Waals surface area contributed by atoms with Crippen molar-refractivity contribution in [3.05, 3.63) is 33.9 Å². The predicted octanol–water partition coefficient (Wildman–Crippen LogP) is 3.34. The number of nitrogens with zero attached hydrogens (tertiary/aromatic N) is 1. The molecule has 13 nitrogen and oxygen atoms in total. The molecule has 14 heteroatoms. The van der Waals surface area contributed by atoms with E-state index in [9.17, 15) is 44.3 Å². The number of hydrogen-bond acceptors (Lipinski definition) is 11. The van der Waals surface area contributed by atoms with Crippen molar-refractivity contribution in [2.75, 3.05) is 13.2 Å². The van der Waals surface area contributed by atoms with E-state index < -0.39 is 68.7 Å². The Morgan fingerprint density at radius 3 is 2.54 bits per heavy atom. The normalized spacial score (nSPS) is 35.7. The van der Waals surface area contributed by atoms with E-state index in [1.165, 1.54) is 13.0 Å². The monoisotopic (exact) mass is 694 g/mol. The van der Waals surface area contributed by atoms with E-state index in [0.717, 1.165) is 5.57 Å². The molecule has 0 radical (unpaired) electrons. The lowest BCUT2D eigenvalue weighted by Crippen LogP contribution is -2.69. The van der Waals surface area contributed by atoms with Gasteiger partial charge in [-0.25, -0.2) is 0 Å². The van der Waals surface area contributed by atoms with Gasteiger partial charge in [0.1, 0.15) is 5.60 Å². The smallest absolute Gasteiger partial charge is 0.306 e. The van der Waals surface area contributed by atoms with Gasteiger partial charge in [-0.05, 0) is 74.9 Å². The first kappa shape index (κ1) is 37.7. The average molecular weight is 695 g/mol. The fraction of sp³-hybridized carbons (Fsp3) is 0.735. The summed E-state index contributed by atoms with van der Waals surface area (Å²) >= 11 is 7.45. The molecule has 9 atom stereocenters. The molecule has 1 unspecified atom stereocenters. The molecule has 0 saturated heterocycles. The number of fused-ring (bicyclic) bond motifs is 5. The van der Waals surface area contributed by atoms with Crippen LogP contribution in [0, 0.1) is 38.7 Å². The molecule has 0 aromatic rings. The number of unbranched alkanes of at least 4 members (excludes halogenated alkanes) is 2. The molecule has 0 spiro atoms. The number of rotatable bonds is 15. The summed E-state index contributed by atoms with van der Waals surface area (Å²) in [6.45, 7) is 5.98. The zero-order chi connectivity index (χ0) is 35.7. The van der Waals surface area contributed by atoms with Gasteiger partial charge >= 0.3 is 5.97 Å². The number of ketones is 3. The Morgan fingerprint density at radius 1 is 1.17 bits per heavy atom. The number of Topliss-reactive ketones (excluding diaryl/α,β-unsaturated/α-hetero) is 2. The average Bonchev–Trinajstić information content (AvgIpc) is 3.21. The minimum absolute atomic E-state index is 0.0338. The summed E-state index contributed by atoms with van der Waals surface area (Å²) in [6.07, 6.45) is 6.50. The Morgan fingerprint density at radius 2 is 1.88 bits per heavy atom. The van der Waals surface area contributed by atoms with Crippen LogP contribution in [-0.2, 0) is 33.5 Å². The van der Waals surface area contributed by atoms with Crippen LogP contribution in [0.25, 0.3) is 0 Å². The highest BCUT2D eigenvalue weighted by molar-refractivity contribution is 6.26. The Balaban J connectivity index is 1.37. The van der Waals surface area contributed by atoms with Crippen LogP contribution in [-0.4, -0.2) is 80.4 Å². The first-order valence-corrected chi connectivity index (χ1v) is 17.1. The maximum Gasteiger partial charge on any atom is 0.306 e. The van der Waals surface area contributed by atoms with E-state index in [2.05, 4.69) is 10.2 Å². The predicted molar refractivity (Wildman–Crippen MR) is 172 cm³/mol. The number of aliphatic hydroxyl groups is 2. The lowest BCUT2D eigenvalue weighted by Gasteiger charge is -2.63. The fourth-order valence-corrected chi connectivity index (χ4v) is 9.70. The van der Waals surface area contributed by atoms with Crippen molar-refractivity contribution in [3.63, 3.8) is 0 Å². The van der Waals surface area contributed by atoms with E-state index in [-0.39, 0.29) is 55.7 Å². The van der Waals surface area contributed by atoms with Crippen molar-refractivity contribution in [2.24, 2.45) is 28.6 Å². The van der Waals surface area contributed by atoms with Crippen molar-refractivity contribution in [1.29, 1.82) is 0 Å². The van der Waals surface area contributed by atoms with E-state index in [1.807, 2.05) is 6.92 Å². The van der Waals surface area contributed by atoms with Crippen LogP contribution in [0.2, 0.25) is 0 Å². The van der Waals surface area contributed by atoms with Gasteiger partial charge in [0.15, 0.2) is 18.2 Å². The van der Waals surface area contributed by atoms with E-state index in [1.54, 1.807) is 26.0 Å². The second-order valence-electron chi connectivity index (χ2n) is 14.4. The number of esters is 1. The molecule has 3 fully saturated rings. The number of halogens is 1. The molecule has 4 rings (SSSR count). The van der Waals surface area contributed by atoms with Gasteiger partial charge in [0.2, 0.25) is 11.7 Å². The summed E-state index contributed by atoms with van der Waals surface area (Å²) in [7, 11) is 0. The zero-order valence-electron chi connectivity index (χ0n) is 28.0. The highest BCUT2D eigenvalue weighted by atomic mass is 35.5. The number of hydrogen-bond donors (Lipinski definition) is 3. The van der Waals surface area contributed by atoms with Crippen LogP contribution >= 0.6 is 11.6 Å². The van der Waals surface area contributed by atoms with Crippen molar-refractivity contribution in [2.45, 2.75) is 115 Å². The molecule has 1 amide bonds. The van der Waals surface area contributed by atoms with Gasteiger partial charge in [-0.3, -0.25) is 24.0 Å². The number of allylic oxidation sites excluding steroid dienone is 4. The molecular weight excluding hydrogens is 648 g/mol. The fourth-order valence-electron chi connectivity index (χ4n) is 9.18. The molecule has 0 bridgehead atoms. The van der Waals surface area contributed by atoms with Crippen molar-refractivity contribution < 1.29 is 48.8 Å². The molecule has 0 aromatic heterocycles. The number of nitrogens with one attached hydrogen (secondary N) is 1. The Kier molecular flexibility index (Phi) is 11.3. The molecule has 0 heterocycles. The number of amides is 1. The number of ether oxygens (including phenoxy) is 1. The topological polar surface area (TPSA) is 199 Å². The van der Waals surface area contributed by atoms with Crippen LogP contribution in [0.1, 0.15) is 91.9 Å². The van der Waals surface area contributed by atoms with Gasteiger partial charge in [0.05, 0.1) is 23.6 Å². The van der Waals surface area contributed by atoms with Crippen LogP contribution in [0.4, 0.5) is 0 Å². The largest absolute Gasteiger partial charge is 0.458 e. The molecular formula is C34H47ClN2O11. The van der Waals surface area contributed by atoms with Crippen LogP contribution in [0.3, 0.4) is 0 Å². The number of carbonyl (C=O) groups is 5. The number of aliphatic hydroxyl groups excluding tert-OH is 1. The molecule has 0 aliphatic heterocycles. The molecule has 0 aromatic carbocycles. The maximum atomic E-state index is 13.8. The van der Waals surface area contributed by atoms with Gasteiger partial charge in [-0.1, -0.05) is 38.8 Å². The maximum absolute atomic E-state index is 13.8. The first-order valence-electron chi connectivity index (χ1n) is 16.7. The third kappa shape index (κ3) is 6.69. The quantitative estimate of drug-likeness (QED) is 0.0747. The standard InChI is InChI=1S/C34H47ClN2O11/c1-20-16-25-24-10-9-22-17-23(39)13-14-31(22,3)33(24,35)28(41)18-32(25,4)34(20,44)29(42)19-47-30(43)12-11-26(36-21(2)38)27(40)8-6-5-7-15-48-37(45)46/h13-14,17,20,24-26,28,41,44H,5-12,15-16,18-19H2,1-4H3,(H,36,38)/t20-,24-,25-,26?,28-,31-,32-,33-,34-/m0/s1. The van der Waals surface area contributed by atoms with Gasteiger partial charge in [-0.2, -0.15) is 0 Å². The van der Waals surface area contributed by atoms with Crippen molar-refractivity contribution in [1.82, 2.24) is 5.32 Å². The zero-order valence-corrected chi connectivity index (χ0v) is 28.8. The van der Waals surface area contributed by atoms with Gasteiger partial charge in [0, 0.05) is 30.6 Å². The first-order chi connectivity index (χ1) is 22.4. The summed E-state index contributed by atoms with van der Waals surface area (Å²) in [5.41, 5.74) is -2.88. The summed E-state index contributed by atoms with van der Waals surface area (Å²) in [5.74, 6) is -3.36. The van der Waals surface area contributed by atoms with Crippen LogP contribution in [0.5, 0.6) is 0 Å². The van der Waals surface area contributed by atoms with E-state index in [4.69, 9.17) is 16.3 Å². The molecule has 4 aliphatic rings. The van der Waals surface area contributed by atoms with E-state index in [0.29, 0.717) is 38.5 Å². The second-order valence-corrected chi connectivity index (χ2v) is 15.0. The summed E-state index contributed by atoms with van der Waals surface area (Å²) < 4.78 is 5.31. The van der Waals surface area contributed by atoms with Gasteiger partial charge in [0.25, 0.3) is 5.09 Å². The molecule has 3 N–H and O–H groups in total. The summed E-state index contributed by atoms with van der Waals surface area (Å²) in [6, 6.07) is -0.955. The van der Waals surface area contributed by atoms with Crippen molar-refractivity contribution >= 4 is 40.8 Å². The third-order valence-electron chi connectivity index (χ3n) is 11.7. The number of carbonyl (C=O) groups excluding carboxylic acids is 5.